The van der Waals surface area contributed by atoms with Gasteiger partial charge in [0.25, 0.3) is 0 Å². The molecule has 2 N–H and O–H groups in total. The number of pyridine rings is 1. The van der Waals surface area contributed by atoms with E-state index in [0.717, 1.165) is 17.1 Å². The second-order valence-corrected chi connectivity index (χ2v) is 3.76. The molecule has 0 aliphatic carbocycles. The fraction of sp³-hybridized carbons (Fsp3) is 0.250. The van der Waals surface area contributed by atoms with E-state index < -0.39 is 0 Å². The van der Waals surface area contributed by atoms with E-state index in [4.69, 9.17) is 0 Å². The Kier molecular flexibility index (Phi) is 3.49. The van der Waals surface area contributed by atoms with E-state index in [9.17, 15) is 4.79 Å². The quantitative estimate of drug-likeness (QED) is 0.822. The number of aryl methyl sites for hydroxylation is 1. The van der Waals surface area contributed by atoms with Crippen molar-refractivity contribution >= 4 is 5.91 Å². The average Bonchev–Trinajstić information content (AvgIpc) is 2.82. The van der Waals surface area contributed by atoms with Gasteiger partial charge in [0, 0.05) is 18.6 Å². The molecule has 0 aromatic carbocycles. The molecule has 0 bridgehead atoms. The molecule has 0 unspecified atom stereocenters. The van der Waals surface area contributed by atoms with Crippen molar-refractivity contribution in [3.05, 3.63) is 47.8 Å². The summed E-state index contributed by atoms with van der Waals surface area (Å²) in [5.41, 5.74) is 1.84. The molecule has 0 radical (unpaired) electrons. The number of aromatic amines is 1. The predicted octanol–water partition coefficient (Wildman–Crippen LogP) is 0.972. The van der Waals surface area contributed by atoms with Crippen LogP contribution in [0, 0.1) is 6.92 Å². The van der Waals surface area contributed by atoms with E-state index in [0.29, 0.717) is 13.0 Å². The van der Waals surface area contributed by atoms with Crippen LogP contribution in [0.4, 0.5) is 0 Å². The molecule has 2 rings (SSSR count). The van der Waals surface area contributed by atoms with Gasteiger partial charge < -0.3 is 10.3 Å². The smallest absolute Gasteiger partial charge is 0.226 e. The van der Waals surface area contributed by atoms with Gasteiger partial charge in [0.1, 0.15) is 5.82 Å². The molecule has 17 heavy (non-hydrogen) atoms. The standard InChI is InChI=1S/C12H14N4O/c1-9-3-2-4-13-10(9)7-12(17)16-8-11-14-5-6-15-11/h2-6H,7-8H2,1H3,(H,14,15)(H,16,17). The summed E-state index contributed by atoms with van der Waals surface area (Å²) >= 11 is 0. The molecule has 0 saturated carbocycles. The Labute approximate surface area is 99.3 Å². The molecule has 0 atom stereocenters. The Morgan fingerprint density at radius 1 is 1.41 bits per heavy atom. The summed E-state index contributed by atoms with van der Waals surface area (Å²) in [6.45, 7) is 2.36. The van der Waals surface area contributed by atoms with Gasteiger partial charge in [0.2, 0.25) is 5.91 Å². The third kappa shape index (κ3) is 3.14. The van der Waals surface area contributed by atoms with Crippen LogP contribution in [0.2, 0.25) is 0 Å². The molecule has 2 aromatic heterocycles. The van der Waals surface area contributed by atoms with Crippen LogP contribution in [-0.2, 0) is 17.8 Å². The highest BCUT2D eigenvalue weighted by atomic mass is 16.1. The zero-order valence-electron chi connectivity index (χ0n) is 9.60. The monoisotopic (exact) mass is 230 g/mol. The Balaban J connectivity index is 1.87. The molecule has 2 aromatic rings. The molecular formula is C12H14N4O. The van der Waals surface area contributed by atoms with Crippen LogP contribution in [-0.4, -0.2) is 20.9 Å². The molecule has 2 heterocycles. The Morgan fingerprint density at radius 3 is 3.00 bits per heavy atom. The van der Waals surface area contributed by atoms with Crippen LogP contribution >= 0.6 is 0 Å². The first-order valence-corrected chi connectivity index (χ1v) is 5.41. The lowest BCUT2D eigenvalue weighted by Gasteiger charge is -2.05. The van der Waals surface area contributed by atoms with Gasteiger partial charge in [-0.1, -0.05) is 6.07 Å². The van der Waals surface area contributed by atoms with Crippen molar-refractivity contribution in [3.63, 3.8) is 0 Å². The molecular weight excluding hydrogens is 216 g/mol. The van der Waals surface area contributed by atoms with Crippen LogP contribution in [0.1, 0.15) is 17.1 Å². The fourth-order valence-electron chi connectivity index (χ4n) is 1.49. The van der Waals surface area contributed by atoms with Crippen molar-refractivity contribution in [1.82, 2.24) is 20.3 Å². The number of carbonyl (C=O) groups is 1. The van der Waals surface area contributed by atoms with Crippen molar-refractivity contribution < 1.29 is 4.79 Å². The van der Waals surface area contributed by atoms with Gasteiger partial charge in [-0.2, -0.15) is 0 Å². The summed E-state index contributed by atoms with van der Waals surface area (Å²) in [6.07, 6.45) is 5.38. The van der Waals surface area contributed by atoms with E-state index >= 15 is 0 Å². The molecule has 1 amide bonds. The first kappa shape index (κ1) is 11.3. The number of nitrogens with one attached hydrogen (secondary N) is 2. The van der Waals surface area contributed by atoms with Crippen molar-refractivity contribution in [2.24, 2.45) is 0 Å². The number of hydrogen-bond acceptors (Lipinski definition) is 3. The van der Waals surface area contributed by atoms with E-state index in [1.165, 1.54) is 0 Å². The summed E-state index contributed by atoms with van der Waals surface area (Å²) < 4.78 is 0. The molecule has 5 nitrogen and oxygen atoms in total. The van der Waals surface area contributed by atoms with E-state index in [-0.39, 0.29) is 5.91 Å². The normalized spacial score (nSPS) is 10.2. The Bertz CT molecular complexity index is 493. The van der Waals surface area contributed by atoms with Crippen LogP contribution in [0.5, 0.6) is 0 Å². The van der Waals surface area contributed by atoms with Crippen LogP contribution in [0.3, 0.4) is 0 Å². The summed E-state index contributed by atoms with van der Waals surface area (Å²) in [5.74, 6) is 0.694. The highest BCUT2D eigenvalue weighted by Crippen LogP contribution is 2.03. The molecule has 88 valence electrons. The zero-order chi connectivity index (χ0) is 12.1. The molecule has 0 saturated heterocycles. The average molecular weight is 230 g/mol. The summed E-state index contributed by atoms with van der Waals surface area (Å²) in [6, 6.07) is 3.81. The summed E-state index contributed by atoms with van der Waals surface area (Å²) in [4.78, 5) is 22.8. The van der Waals surface area contributed by atoms with Crippen molar-refractivity contribution in [1.29, 1.82) is 0 Å². The van der Waals surface area contributed by atoms with Gasteiger partial charge in [-0.05, 0) is 18.6 Å². The van der Waals surface area contributed by atoms with Crippen molar-refractivity contribution in [2.45, 2.75) is 19.9 Å². The maximum Gasteiger partial charge on any atom is 0.226 e. The topological polar surface area (TPSA) is 70.7 Å². The SMILES string of the molecule is Cc1cccnc1CC(=O)NCc1ncc[nH]1. The maximum atomic E-state index is 11.7. The minimum Gasteiger partial charge on any atom is -0.349 e. The number of carbonyl (C=O) groups excluding carboxylic acids is 1. The van der Waals surface area contributed by atoms with Crippen molar-refractivity contribution in [3.8, 4) is 0 Å². The lowest BCUT2D eigenvalue weighted by Crippen LogP contribution is -2.25. The van der Waals surface area contributed by atoms with Gasteiger partial charge in [-0.25, -0.2) is 4.98 Å². The van der Waals surface area contributed by atoms with Gasteiger partial charge in [0.05, 0.1) is 18.7 Å². The van der Waals surface area contributed by atoms with E-state index in [2.05, 4.69) is 20.3 Å². The minimum atomic E-state index is -0.0526. The first-order valence-electron chi connectivity index (χ1n) is 5.41. The Hall–Kier alpha value is -2.17. The Morgan fingerprint density at radius 2 is 2.29 bits per heavy atom. The molecule has 0 fully saturated rings. The maximum absolute atomic E-state index is 11.7. The second-order valence-electron chi connectivity index (χ2n) is 3.76. The highest BCUT2D eigenvalue weighted by molar-refractivity contribution is 5.78. The fourth-order valence-corrected chi connectivity index (χ4v) is 1.49. The van der Waals surface area contributed by atoms with E-state index in [1.54, 1.807) is 18.6 Å². The first-order chi connectivity index (χ1) is 8.25. The number of rotatable bonds is 4. The number of hydrogen-bond donors (Lipinski definition) is 2. The lowest BCUT2D eigenvalue weighted by atomic mass is 10.1. The molecule has 5 heteroatoms. The molecule has 0 spiro atoms. The van der Waals surface area contributed by atoms with Crippen LogP contribution < -0.4 is 5.32 Å². The number of H-pyrrole nitrogens is 1. The van der Waals surface area contributed by atoms with Crippen molar-refractivity contribution in [2.75, 3.05) is 0 Å². The third-order valence-electron chi connectivity index (χ3n) is 2.45. The minimum absolute atomic E-state index is 0.0526. The largest absolute Gasteiger partial charge is 0.349 e. The lowest BCUT2D eigenvalue weighted by molar-refractivity contribution is -0.120. The highest BCUT2D eigenvalue weighted by Gasteiger charge is 2.06. The third-order valence-corrected chi connectivity index (χ3v) is 2.45. The summed E-state index contributed by atoms with van der Waals surface area (Å²) in [5, 5.41) is 2.79. The predicted molar refractivity (Wildman–Crippen MR) is 63.1 cm³/mol. The number of aromatic nitrogens is 3. The van der Waals surface area contributed by atoms with E-state index in [1.807, 2.05) is 19.1 Å². The number of amides is 1. The van der Waals surface area contributed by atoms with Gasteiger partial charge in [-0.3, -0.25) is 9.78 Å². The molecule has 0 aliphatic heterocycles. The number of nitrogens with zero attached hydrogens (tertiary/aromatic N) is 2. The molecule has 0 aliphatic rings. The second kappa shape index (κ2) is 5.25. The van der Waals surface area contributed by atoms with Gasteiger partial charge in [0.15, 0.2) is 0 Å². The van der Waals surface area contributed by atoms with Crippen LogP contribution in [0.25, 0.3) is 0 Å². The van der Waals surface area contributed by atoms with Gasteiger partial charge in [-0.15, -0.1) is 0 Å². The zero-order valence-corrected chi connectivity index (χ0v) is 9.60. The number of imidazole rings is 1. The van der Waals surface area contributed by atoms with Gasteiger partial charge >= 0.3 is 0 Å². The van der Waals surface area contributed by atoms with Crippen LogP contribution in [0.15, 0.2) is 30.7 Å². The summed E-state index contributed by atoms with van der Waals surface area (Å²) in [7, 11) is 0.